The molecule has 0 amide bonds. The van der Waals surface area contributed by atoms with Crippen molar-refractivity contribution >= 4 is 21.6 Å². The Morgan fingerprint density at radius 2 is 2.18 bits per heavy atom. The largest absolute Gasteiger partial charge is 0.398 e. The maximum atomic E-state index is 9.18. The molecule has 0 bridgehead atoms. The van der Waals surface area contributed by atoms with E-state index in [1.165, 1.54) is 0 Å². The normalized spacial score (nSPS) is 13.0. The summed E-state index contributed by atoms with van der Waals surface area (Å²) >= 11 is 3.28. The van der Waals surface area contributed by atoms with Crippen LogP contribution < -0.4 is 5.73 Å². The second-order valence-corrected chi connectivity index (χ2v) is 3.31. The van der Waals surface area contributed by atoms with E-state index in [9.17, 15) is 5.11 Å². The van der Waals surface area contributed by atoms with Gasteiger partial charge in [0.15, 0.2) is 0 Å². The van der Waals surface area contributed by atoms with Gasteiger partial charge in [-0.1, -0.05) is 6.07 Å². The number of halogens is 1. The lowest BCUT2D eigenvalue weighted by Crippen LogP contribution is -1.93. The second kappa shape index (κ2) is 3.24. The van der Waals surface area contributed by atoms with Gasteiger partial charge in [-0.05, 0) is 40.5 Å². The minimum atomic E-state index is -0.438. The Hall–Kier alpha value is -0.540. The number of aliphatic hydroxyl groups is 1. The highest BCUT2D eigenvalue weighted by molar-refractivity contribution is 9.10. The van der Waals surface area contributed by atoms with Crippen LogP contribution in [0, 0.1) is 0 Å². The van der Waals surface area contributed by atoms with Gasteiger partial charge in [0.2, 0.25) is 0 Å². The van der Waals surface area contributed by atoms with Gasteiger partial charge in [0.05, 0.1) is 6.10 Å². The fraction of sp³-hybridized carbons (Fsp3) is 0.250. The molecule has 1 aromatic rings. The van der Waals surface area contributed by atoms with Crippen LogP contribution >= 0.6 is 15.9 Å². The SMILES string of the molecule is CC(O)c1ccc(N)c(Br)c1. The molecule has 1 rings (SSSR count). The van der Waals surface area contributed by atoms with Crippen molar-refractivity contribution in [2.45, 2.75) is 13.0 Å². The second-order valence-electron chi connectivity index (χ2n) is 2.46. The van der Waals surface area contributed by atoms with Crippen LogP contribution in [0.4, 0.5) is 5.69 Å². The minimum absolute atomic E-state index is 0.438. The van der Waals surface area contributed by atoms with E-state index in [-0.39, 0.29) is 0 Å². The molecule has 0 heterocycles. The molecule has 11 heavy (non-hydrogen) atoms. The Bertz CT molecular complexity index is 260. The topological polar surface area (TPSA) is 46.2 Å². The average molecular weight is 216 g/mol. The van der Waals surface area contributed by atoms with E-state index in [1.54, 1.807) is 13.0 Å². The molecule has 0 aliphatic carbocycles. The van der Waals surface area contributed by atoms with Crippen molar-refractivity contribution in [2.24, 2.45) is 0 Å². The molecule has 1 unspecified atom stereocenters. The van der Waals surface area contributed by atoms with Crippen molar-refractivity contribution in [2.75, 3.05) is 5.73 Å². The third-order valence-electron chi connectivity index (χ3n) is 1.51. The number of aliphatic hydroxyl groups excluding tert-OH is 1. The lowest BCUT2D eigenvalue weighted by molar-refractivity contribution is 0.199. The van der Waals surface area contributed by atoms with Crippen LogP contribution in [0.15, 0.2) is 22.7 Å². The number of benzene rings is 1. The highest BCUT2D eigenvalue weighted by Crippen LogP contribution is 2.23. The molecule has 1 aromatic carbocycles. The maximum Gasteiger partial charge on any atom is 0.0762 e. The molecule has 0 aromatic heterocycles. The Morgan fingerprint density at radius 1 is 1.55 bits per heavy atom. The molecular formula is C8H10BrNO. The van der Waals surface area contributed by atoms with Crippen LogP contribution in [0.3, 0.4) is 0 Å². The zero-order valence-electron chi connectivity index (χ0n) is 6.21. The first kappa shape index (κ1) is 8.56. The van der Waals surface area contributed by atoms with E-state index >= 15 is 0 Å². The number of hydrogen-bond acceptors (Lipinski definition) is 2. The Kier molecular flexibility index (Phi) is 2.52. The number of rotatable bonds is 1. The van der Waals surface area contributed by atoms with E-state index in [0.29, 0.717) is 5.69 Å². The molecule has 0 aliphatic rings. The fourth-order valence-corrected chi connectivity index (χ4v) is 1.20. The predicted octanol–water partition coefficient (Wildman–Crippen LogP) is 2.08. The number of anilines is 1. The van der Waals surface area contributed by atoms with Crippen molar-refractivity contribution < 1.29 is 5.11 Å². The third-order valence-corrected chi connectivity index (χ3v) is 2.19. The molecule has 0 aliphatic heterocycles. The van der Waals surface area contributed by atoms with Crippen LogP contribution in [0.25, 0.3) is 0 Å². The summed E-state index contributed by atoms with van der Waals surface area (Å²) in [5.41, 5.74) is 7.12. The van der Waals surface area contributed by atoms with Crippen LogP contribution in [0.2, 0.25) is 0 Å². The van der Waals surface area contributed by atoms with Gasteiger partial charge in [-0.15, -0.1) is 0 Å². The molecule has 0 radical (unpaired) electrons. The van der Waals surface area contributed by atoms with E-state index in [1.807, 2.05) is 12.1 Å². The van der Waals surface area contributed by atoms with Crippen LogP contribution in [0.5, 0.6) is 0 Å². The zero-order valence-corrected chi connectivity index (χ0v) is 7.80. The smallest absolute Gasteiger partial charge is 0.0762 e. The zero-order chi connectivity index (χ0) is 8.43. The van der Waals surface area contributed by atoms with Crippen molar-refractivity contribution in [3.8, 4) is 0 Å². The van der Waals surface area contributed by atoms with Gasteiger partial charge in [0, 0.05) is 10.2 Å². The first-order chi connectivity index (χ1) is 5.11. The summed E-state index contributed by atoms with van der Waals surface area (Å²) in [4.78, 5) is 0. The monoisotopic (exact) mass is 215 g/mol. The van der Waals surface area contributed by atoms with Gasteiger partial charge in [-0.2, -0.15) is 0 Å². The molecule has 1 atom stereocenters. The molecule has 3 N–H and O–H groups in total. The summed E-state index contributed by atoms with van der Waals surface area (Å²) in [6, 6.07) is 5.40. The summed E-state index contributed by atoms with van der Waals surface area (Å²) in [5, 5.41) is 9.18. The highest BCUT2D eigenvalue weighted by Gasteiger charge is 2.01. The fourth-order valence-electron chi connectivity index (χ4n) is 0.803. The molecule has 3 heteroatoms. The van der Waals surface area contributed by atoms with Gasteiger partial charge in [0.1, 0.15) is 0 Å². The molecule has 0 saturated carbocycles. The van der Waals surface area contributed by atoms with Gasteiger partial charge in [0.25, 0.3) is 0 Å². The summed E-state index contributed by atoms with van der Waals surface area (Å²) < 4.78 is 0.830. The summed E-state index contributed by atoms with van der Waals surface area (Å²) in [6.07, 6.45) is -0.438. The lowest BCUT2D eigenvalue weighted by atomic mass is 10.1. The highest BCUT2D eigenvalue weighted by atomic mass is 79.9. The average Bonchev–Trinajstić information content (AvgIpc) is 1.94. The number of hydrogen-bond donors (Lipinski definition) is 2. The van der Waals surface area contributed by atoms with Crippen LogP contribution in [0.1, 0.15) is 18.6 Å². The van der Waals surface area contributed by atoms with Crippen molar-refractivity contribution in [3.05, 3.63) is 28.2 Å². The molecular weight excluding hydrogens is 206 g/mol. The van der Waals surface area contributed by atoms with Crippen LogP contribution in [-0.2, 0) is 0 Å². The van der Waals surface area contributed by atoms with Gasteiger partial charge in [-0.25, -0.2) is 0 Å². The first-order valence-corrected chi connectivity index (χ1v) is 4.13. The minimum Gasteiger partial charge on any atom is -0.398 e. The number of nitrogens with two attached hydrogens (primary N) is 1. The summed E-state index contributed by atoms with van der Waals surface area (Å²) in [6.45, 7) is 1.72. The first-order valence-electron chi connectivity index (χ1n) is 3.34. The van der Waals surface area contributed by atoms with Gasteiger partial charge >= 0.3 is 0 Å². The van der Waals surface area contributed by atoms with E-state index < -0.39 is 6.10 Å². The lowest BCUT2D eigenvalue weighted by Gasteiger charge is -2.05. The van der Waals surface area contributed by atoms with E-state index in [4.69, 9.17) is 5.73 Å². The summed E-state index contributed by atoms with van der Waals surface area (Å²) in [7, 11) is 0. The molecule has 60 valence electrons. The Morgan fingerprint density at radius 3 is 2.64 bits per heavy atom. The standard InChI is InChI=1S/C8H10BrNO/c1-5(11)6-2-3-8(10)7(9)4-6/h2-5,11H,10H2,1H3. The van der Waals surface area contributed by atoms with Gasteiger partial charge in [-0.3, -0.25) is 0 Å². The number of nitrogen functional groups attached to an aromatic ring is 1. The van der Waals surface area contributed by atoms with E-state index in [0.717, 1.165) is 10.0 Å². The third kappa shape index (κ3) is 1.94. The molecule has 2 nitrogen and oxygen atoms in total. The summed E-state index contributed by atoms with van der Waals surface area (Å²) in [5.74, 6) is 0. The molecule has 0 spiro atoms. The molecule has 0 saturated heterocycles. The van der Waals surface area contributed by atoms with Crippen LogP contribution in [-0.4, -0.2) is 5.11 Å². The van der Waals surface area contributed by atoms with E-state index in [2.05, 4.69) is 15.9 Å². The molecule has 0 fully saturated rings. The van der Waals surface area contributed by atoms with Crippen molar-refractivity contribution in [1.82, 2.24) is 0 Å². The Balaban J connectivity index is 3.05. The van der Waals surface area contributed by atoms with Crippen molar-refractivity contribution in [3.63, 3.8) is 0 Å². The quantitative estimate of drug-likeness (QED) is 0.706. The predicted molar refractivity (Wildman–Crippen MR) is 49.2 cm³/mol. The Labute approximate surface area is 74.2 Å². The van der Waals surface area contributed by atoms with Gasteiger partial charge < -0.3 is 10.8 Å². The van der Waals surface area contributed by atoms with Crippen molar-refractivity contribution in [1.29, 1.82) is 0 Å². The maximum absolute atomic E-state index is 9.18.